The summed E-state index contributed by atoms with van der Waals surface area (Å²) in [5.41, 5.74) is 1.43. The van der Waals surface area contributed by atoms with E-state index in [1.807, 2.05) is 30.0 Å². The number of nitrogens with zero attached hydrogens (tertiary/aromatic N) is 3. The number of aromatic nitrogens is 1. The van der Waals surface area contributed by atoms with Crippen LogP contribution >= 0.6 is 0 Å². The van der Waals surface area contributed by atoms with E-state index >= 15 is 0 Å². The molecule has 2 amide bonds. The number of hydrogen-bond donors (Lipinski definition) is 1. The molecule has 2 aromatic rings. The Hall–Kier alpha value is -2.83. The molecular weight excluding hydrogens is 335 g/mol. The molecule has 6 nitrogen and oxygen atoms in total. The van der Waals surface area contributed by atoms with E-state index in [4.69, 9.17) is 4.74 Å². The Bertz CT molecular complexity index is 748. The lowest BCUT2D eigenvalue weighted by atomic mass is 10.2. The van der Waals surface area contributed by atoms with Gasteiger partial charge in [0.25, 0.3) is 0 Å². The Kier molecular flexibility index (Phi) is 5.88. The van der Waals surface area contributed by atoms with E-state index in [1.165, 1.54) is 6.07 Å². The van der Waals surface area contributed by atoms with Crippen molar-refractivity contribution in [2.24, 2.45) is 0 Å². The molecule has 138 valence electrons. The average molecular weight is 358 g/mol. The zero-order chi connectivity index (χ0) is 18.4. The number of carbonyl (C=O) groups excluding carboxylic acids is 1. The number of benzene rings is 1. The maximum Gasteiger partial charge on any atom is 0.317 e. The predicted molar refractivity (Wildman–Crippen MR) is 97.8 cm³/mol. The van der Waals surface area contributed by atoms with Crippen LogP contribution in [0.4, 0.5) is 14.9 Å². The van der Waals surface area contributed by atoms with Gasteiger partial charge in [0.15, 0.2) is 0 Å². The van der Waals surface area contributed by atoms with Gasteiger partial charge in [0, 0.05) is 44.5 Å². The third kappa shape index (κ3) is 4.22. The zero-order valence-corrected chi connectivity index (χ0v) is 14.8. The van der Waals surface area contributed by atoms with E-state index in [0.29, 0.717) is 50.9 Å². The number of amides is 2. The molecule has 1 aromatic carbocycles. The van der Waals surface area contributed by atoms with Crippen molar-refractivity contribution in [1.29, 1.82) is 0 Å². The second-order valence-electron chi connectivity index (χ2n) is 5.98. The molecule has 1 N–H and O–H groups in total. The van der Waals surface area contributed by atoms with E-state index in [1.54, 1.807) is 23.2 Å². The van der Waals surface area contributed by atoms with Gasteiger partial charge < -0.3 is 19.9 Å². The van der Waals surface area contributed by atoms with Crippen LogP contribution in [0.1, 0.15) is 12.5 Å². The highest BCUT2D eigenvalue weighted by Gasteiger charge is 2.22. The summed E-state index contributed by atoms with van der Waals surface area (Å²) < 4.78 is 19.4. The largest absolute Gasteiger partial charge is 0.478 e. The first-order chi connectivity index (χ1) is 12.7. The van der Waals surface area contributed by atoms with Crippen LogP contribution in [-0.2, 0) is 6.54 Å². The fourth-order valence-corrected chi connectivity index (χ4v) is 2.97. The lowest BCUT2D eigenvalue weighted by molar-refractivity contribution is 0.193. The van der Waals surface area contributed by atoms with Crippen LogP contribution in [0.25, 0.3) is 0 Å². The molecular formula is C19H23FN4O2. The maximum absolute atomic E-state index is 13.9. The standard InChI is InChI=1S/C19H23FN4O2/c1-2-26-18-15(6-5-9-21-18)14-22-19(25)24-12-10-23(11-13-24)17-8-4-3-7-16(17)20/h3-9H,2,10-14H2,1H3,(H,22,25). The minimum absolute atomic E-state index is 0.135. The number of pyridine rings is 1. The molecule has 3 rings (SSSR count). The smallest absolute Gasteiger partial charge is 0.317 e. The lowest BCUT2D eigenvalue weighted by Crippen LogP contribution is -2.51. The number of ether oxygens (including phenoxy) is 1. The summed E-state index contributed by atoms with van der Waals surface area (Å²) in [6.07, 6.45) is 1.66. The molecule has 0 radical (unpaired) electrons. The fraction of sp³-hybridized carbons (Fsp3) is 0.368. The van der Waals surface area contributed by atoms with Crippen LogP contribution < -0.4 is 15.0 Å². The Labute approximate surface area is 152 Å². The molecule has 0 spiro atoms. The highest BCUT2D eigenvalue weighted by Crippen LogP contribution is 2.20. The van der Waals surface area contributed by atoms with Crippen molar-refractivity contribution in [1.82, 2.24) is 15.2 Å². The summed E-state index contributed by atoms with van der Waals surface area (Å²) in [7, 11) is 0. The first kappa shape index (κ1) is 18.0. The van der Waals surface area contributed by atoms with Gasteiger partial charge in [-0.1, -0.05) is 18.2 Å². The van der Waals surface area contributed by atoms with Crippen molar-refractivity contribution < 1.29 is 13.9 Å². The van der Waals surface area contributed by atoms with Crippen molar-refractivity contribution >= 4 is 11.7 Å². The number of urea groups is 1. The van der Waals surface area contributed by atoms with Gasteiger partial charge in [-0.3, -0.25) is 0 Å². The molecule has 1 aliphatic heterocycles. The van der Waals surface area contributed by atoms with Gasteiger partial charge in [-0.05, 0) is 25.1 Å². The molecule has 1 aliphatic rings. The molecule has 0 aliphatic carbocycles. The first-order valence-corrected chi connectivity index (χ1v) is 8.78. The third-order valence-corrected chi connectivity index (χ3v) is 4.32. The highest BCUT2D eigenvalue weighted by molar-refractivity contribution is 5.74. The summed E-state index contributed by atoms with van der Waals surface area (Å²) in [6.45, 7) is 5.07. The SMILES string of the molecule is CCOc1ncccc1CNC(=O)N1CCN(c2ccccc2F)CC1. The fourth-order valence-electron chi connectivity index (χ4n) is 2.97. The van der Waals surface area contributed by atoms with Crippen molar-refractivity contribution in [2.75, 3.05) is 37.7 Å². The minimum Gasteiger partial charge on any atom is -0.478 e. The normalized spacial score (nSPS) is 14.2. The predicted octanol–water partition coefficient (Wildman–Crippen LogP) is 2.65. The van der Waals surface area contributed by atoms with Crippen LogP contribution in [0.2, 0.25) is 0 Å². The zero-order valence-electron chi connectivity index (χ0n) is 14.8. The highest BCUT2D eigenvalue weighted by atomic mass is 19.1. The van der Waals surface area contributed by atoms with Gasteiger partial charge in [0.2, 0.25) is 5.88 Å². The third-order valence-electron chi connectivity index (χ3n) is 4.32. The van der Waals surface area contributed by atoms with Crippen LogP contribution in [0, 0.1) is 5.82 Å². The van der Waals surface area contributed by atoms with E-state index in [0.717, 1.165) is 5.56 Å². The van der Waals surface area contributed by atoms with Crippen molar-refractivity contribution in [2.45, 2.75) is 13.5 Å². The van der Waals surface area contributed by atoms with Gasteiger partial charge in [0.1, 0.15) is 5.82 Å². The van der Waals surface area contributed by atoms with E-state index in [9.17, 15) is 9.18 Å². The molecule has 2 heterocycles. The molecule has 1 fully saturated rings. The van der Waals surface area contributed by atoms with Crippen LogP contribution in [0.15, 0.2) is 42.6 Å². The van der Waals surface area contributed by atoms with Crippen LogP contribution in [-0.4, -0.2) is 48.7 Å². The summed E-state index contributed by atoms with van der Waals surface area (Å²) in [5.74, 6) is 0.310. The Morgan fingerprint density at radius 1 is 1.19 bits per heavy atom. The average Bonchev–Trinajstić information content (AvgIpc) is 2.68. The number of anilines is 1. The second-order valence-corrected chi connectivity index (χ2v) is 5.98. The topological polar surface area (TPSA) is 57.7 Å². The molecule has 0 bridgehead atoms. The van der Waals surface area contributed by atoms with Gasteiger partial charge in [-0.2, -0.15) is 0 Å². The quantitative estimate of drug-likeness (QED) is 0.893. The van der Waals surface area contributed by atoms with Gasteiger partial charge >= 0.3 is 6.03 Å². The molecule has 26 heavy (non-hydrogen) atoms. The molecule has 7 heteroatoms. The van der Waals surface area contributed by atoms with Crippen molar-refractivity contribution in [3.05, 3.63) is 54.0 Å². The number of carbonyl (C=O) groups is 1. The number of hydrogen-bond acceptors (Lipinski definition) is 4. The number of rotatable bonds is 5. The number of para-hydroxylation sites is 1. The van der Waals surface area contributed by atoms with Crippen LogP contribution in [0.3, 0.4) is 0 Å². The van der Waals surface area contributed by atoms with Crippen molar-refractivity contribution in [3.8, 4) is 5.88 Å². The molecule has 1 aromatic heterocycles. The van der Waals surface area contributed by atoms with Gasteiger partial charge in [0.05, 0.1) is 12.3 Å². The molecule has 1 saturated heterocycles. The maximum atomic E-state index is 13.9. The number of halogens is 1. The van der Waals surface area contributed by atoms with Gasteiger partial charge in [-0.25, -0.2) is 14.2 Å². The lowest BCUT2D eigenvalue weighted by Gasteiger charge is -2.36. The summed E-state index contributed by atoms with van der Waals surface area (Å²) in [6, 6.07) is 10.3. The molecule has 0 unspecified atom stereocenters. The Morgan fingerprint density at radius 2 is 1.96 bits per heavy atom. The minimum atomic E-state index is -0.231. The summed E-state index contributed by atoms with van der Waals surface area (Å²) >= 11 is 0. The summed E-state index contributed by atoms with van der Waals surface area (Å²) in [4.78, 5) is 20.3. The summed E-state index contributed by atoms with van der Waals surface area (Å²) in [5, 5.41) is 2.91. The first-order valence-electron chi connectivity index (χ1n) is 8.78. The second kappa shape index (κ2) is 8.51. The Balaban J connectivity index is 1.52. The monoisotopic (exact) mass is 358 g/mol. The molecule has 0 atom stereocenters. The Morgan fingerprint density at radius 3 is 2.69 bits per heavy atom. The van der Waals surface area contributed by atoms with Crippen molar-refractivity contribution in [3.63, 3.8) is 0 Å². The van der Waals surface area contributed by atoms with Crippen LogP contribution in [0.5, 0.6) is 5.88 Å². The van der Waals surface area contributed by atoms with E-state index < -0.39 is 0 Å². The van der Waals surface area contributed by atoms with E-state index in [2.05, 4.69) is 10.3 Å². The van der Waals surface area contributed by atoms with E-state index in [-0.39, 0.29) is 11.8 Å². The van der Waals surface area contributed by atoms with Gasteiger partial charge in [-0.15, -0.1) is 0 Å². The molecule has 0 saturated carbocycles. The number of nitrogens with one attached hydrogen (secondary N) is 1. The number of piperazine rings is 1.